The number of rotatable bonds is 10. The van der Waals surface area contributed by atoms with Crippen molar-refractivity contribution >= 4 is 5.91 Å². The SMILES string of the molecule is COCCN(CCCCC(C)(N)C(N)=O)C1CC1. The Morgan fingerprint density at radius 2 is 2.06 bits per heavy atom. The van der Waals surface area contributed by atoms with Crippen molar-refractivity contribution in [3.8, 4) is 0 Å². The summed E-state index contributed by atoms with van der Waals surface area (Å²) in [5, 5.41) is 0. The van der Waals surface area contributed by atoms with Crippen molar-refractivity contribution in [3.05, 3.63) is 0 Å². The summed E-state index contributed by atoms with van der Waals surface area (Å²) in [6, 6.07) is 0.751. The molecule has 0 heterocycles. The molecule has 0 aromatic rings. The van der Waals surface area contributed by atoms with Crippen molar-refractivity contribution in [2.45, 2.75) is 50.6 Å². The van der Waals surface area contributed by atoms with Gasteiger partial charge in [0.2, 0.25) is 5.91 Å². The molecule has 1 aliphatic carbocycles. The Bertz CT molecular complexity index is 265. The first kappa shape index (κ1) is 15.4. The van der Waals surface area contributed by atoms with Crippen LogP contribution in [0.5, 0.6) is 0 Å². The highest BCUT2D eigenvalue weighted by Crippen LogP contribution is 2.27. The Hall–Kier alpha value is -0.650. The molecule has 1 aliphatic rings. The molecule has 1 unspecified atom stereocenters. The van der Waals surface area contributed by atoms with Gasteiger partial charge < -0.3 is 16.2 Å². The summed E-state index contributed by atoms with van der Waals surface area (Å²) in [5.41, 5.74) is 10.2. The molecule has 0 radical (unpaired) electrons. The number of methoxy groups -OCH3 is 1. The topological polar surface area (TPSA) is 81.6 Å². The third-order valence-corrected chi connectivity index (χ3v) is 3.60. The molecule has 1 atom stereocenters. The average molecular weight is 257 g/mol. The molecule has 1 fully saturated rings. The zero-order valence-corrected chi connectivity index (χ0v) is 11.7. The van der Waals surface area contributed by atoms with Gasteiger partial charge in [0.05, 0.1) is 12.1 Å². The van der Waals surface area contributed by atoms with Gasteiger partial charge in [0, 0.05) is 19.7 Å². The third-order valence-electron chi connectivity index (χ3n) is 3.60. The largest absolute Gasteiger partial charge is 0.383 e. The van der Waals surface area contributed by atoms with Gasteiger partial charge in [0.1, 0.15) is 0 Å². The van der Waals surface area contributed by atoms with Crippen molar-refractivity contribution in [3.63, 3.8) is 0 Å². The van der Waals surface area contributed by atoms with Gasteiger partial charge in [0.25, 0.3) is 0 Å². The summed E-state index contributed by atoms with van der Waals surface area (Å²) >= 11 is 0. The van der Waals surface area contributed by atoms with Crippen LogP contribution in [-0.2, 0) is 9.53 Å². The van der Waals surface area contributed by atoms with Gasteiger partial charge in [-0.2, -0.15) is 0 Å². The second kappa shape index (κ2) is 7.07. The zero-order valence-electron chi connectivity index (χ0n) is 11.7. The lowest BCUT2D eigenvalue weighted by Crippen LogP contribution is -2.49. The summed E-state index contributed by atoms with van der Waals surface area (Å²) in [5.74, 6) is -0.416. The van der Waals surface area contributed by atoms with E-state index in [1.807, 2.05) is 0 Å². The Morgan fingerprint density at radius 3 is 2.56 bits per heavy atom. The maximum Gasteiger partial charge on any atom is 0.237 e. The van der Waals surface area contributed by atoms with Gasteiger partial charge in [0.15, 0.2) is 0 Å². The number of ether oxygens (including phenoxy) is 1. The van der Waals surface area contributed by atoms with Crippen LogP contribution in [0.3, 0.4) is 0 Å². The molecule has 0 aromatic heterocycles. The molecule has 0 saturated heterocycles. The summed E-state index contributed by atoms with van der Waals surface area (Å²) < 4.78 is 5.12. The smallest absolute Gasteiger partial charge is 0.237 e. The van der Waals surface area contributed by atoms with Crippen LogP contribution in [0.25, 0.3) is 0 Å². The lowest BCUT2D eigenvalue weighted by atomic mass is 9.95. The van der Waals surface area contributed by atoms with E-state index in [9.17, 15) is 4.79 Å². The summed E-state index contributed by atoms with van der Waals surface area (Å²) in [4.78, 5) is 13.6. The van der Waals surface area contributed by atoms with Crippen LogP contribution >= 0.6 is 0 Å². The first-order valence-electron chi connectivity index (χ1n) is 6.79. The third kappa shape index (κ3) is 5.33. The molecular weight excluding hydrogens is 230 g/mol. The Kier molecular flexibility index (Phi) is 6.05. The van der Waals surface area contributed by atoms with E-state index >= 15 is 0 Å². The van der Waals surface area contributed by atoms with Crippen LogP contribution in [0.4, 0.5) is 0 Å². The number of unbranched alkanes of at least 4 members (excludes halogenated alkanes) is 1. The minimum absolute atomic E-state index is 0.416. The van der Waals surface area contributed by atoms with Gasteiger partial charge in [-0.05, 0) is 45.6 Å². The van der Waals surface area contributed by atoms with Gasteiger partial charge in [-0.1, -0.05) is 0 Å². The summed E-state index contributed by atoms with van der Waals surface area (Å²) in [6.07, 6.45) is 5.26. The van der Waals surface area contributed by atoms with E-state index in [1.165, 1.54) is 12.8 Å². The molecule has 1 saturated carbocycles. The quantitative estimate of drug-likeness (QED) is 0.557. The minimum Gasteiger partial charge on any atom is -0.383 e. The van der Waals surface area contributed by atoms with Gasteiger partial charge in [-0.15, -0.1) is 0 Å². The molecular formula is C13H27N3O2. The molecule has 18 heavy (non-hydrogen) atoms. The molecule has 106 valence electrons. The molecule has 0 aromatic carbocycles. The van der Waals surface area contributed by atoms with E-state index in [1.54, 1.807) is 14.0 Å². The van der Waals surface area contributed by atoms with E-state index in [-0.39, 0.29) is 0 Å². The summed E-state index contributed by atoms with van der Waals surface area (Å²) in [7, 11) is 1.73. The second-order valence-corrected chi connectivity index (χ2v) is 5.50. The van der Waals surface area contributed by atoms with Gasteiger partial charge >= 0.3 is 0 Å². The molecule has 0 spiro atoms. The number of hydrogen-bond donors (Lipinski definition) is 2. The highest BCUT2D eigenvalue weighted by molar-refractivity contribution is 5.83. The van der Waals surface area contributed by atoms with Gasteiger partial charge in [-0.25, -0.2) is 0 Å². The highest BCUT2D eigenvalue weighted by Gasteiger charge is 2.29. The molecule has 4 N–H and O–H groups in total. The Labute approximate surface area is 110 Å². The number of amides is 1. The molecule has 1 amide bonds. The van der Waals surface area contributed by atoms with Crippen molar-refractivity contribution in [2.24, 2.45) is 11.5 Å². The Morgan fingerprint density at radius 1 is 1.39 bits per heavy atom. The standard InChI is InChI=1S/C13H27N3O2/c1-13(15,12(14)17)7-3-4-8-16(9-10-18-2)11-5-6-11/h11H,3-10,15H2,1-2H3,(H2,14,17). The molecule has 0 bridgehead atoms. The Balaban J connectivity index is 2.16. The van der Waals surface area contributed by atoms with E-state index in [0.29, 0.717) is 6.42 Å². The number of hydrogen-bond acceptors (Lipinski definition) is 4. The molecule has 5 heteroatoms. The first-order valence-corrected chi connectivity index (χ1v) is 6.79. The van der Waals surface area contributed by atoms with Crippen LogP contribution in [-0.4, -0.2) is 49.2 Å². The van der Waals surface area contributed by atoms with Crippen molar-refractivity contribution in [1.29, 1.82) is 0 Å². The zero-order chi connectivity index (χ0) is 13.6. The molecule has 1 rings (SSSR count). The molecule has 5 nitrogen and oxygen atoms in total. The van der Waals surface area contributed by atoms with Crippen LogP contribution < -0.4 is 11.5 Å². The van der Waals surface area contributed by atoms with Gasteiger partial charge in [-0.3, -0.25) is 9.69 Å². The van der Waals surface area contributed by atoms with Crippen LogP contribution in [0, 0.1) is 0 Å². The van der Waals surface area contributed by atoms with E-state index < -0.39 is 11.4 Å². The maximum atomic E-state index is 11.1. The lowest BCUT2D eigenvalue weighted by Gasteiger charge is -2.23. The molecule has 0 aliphatic heterocycles. The van der Waals surface area contributed by atoms with Crippen LogP contribution in [0.15, 0.2) is 0 Å². The normalized spacial score (nSPS) is 18.9. The van der Waals surface area contributed by atoms with Crippen molar-refractivity contribution in [2.75, 3.05) is 26.8 Å². The minimum atomic E-state index is -0.864. The fourth-order valence-electron chi connectivity index (χ4n) is 2.06. The highest BCUT2D eigenvalue weighted by atomic mass is 16.5. The summed E-state index contributed by atoms with van der Waals surface area (Å²) in [6.45, 7) is 4.55. The predicted octanol–water partition coefficient (Wildman–Crippen LogP) is 0.470. The number of carbonyl (C=O) groups excluding carboxylic acids is 1. The van der Waals surface area contributed by atoms with Crippen LogP contribution in [0.2, 0.25) is 0 Å². The fourth-order valence-corrected chi connectivity index (χ4v) is 2.06. The second-order valence-electron chi connectivity index (χ2n) is 5.50. The van der Waals surface area contributed by atoms with Crippen molar-refractivity contribution < 1.29 is 9.53 Å². The number of primary amides is 1. The maximum absolute atomic E-state index is 11.1. The first-order chi connectivity index (χ1) is 8.47. The van der Waals surface area contributed by atoms with Crippen molar-refractivity contribution in [1.82, 2.24) is 4.90 Å². The lowest BCUT2D eigenvalue weighted by molar-refractivity contribution is -0.122. The monoisotopic (exact) mass is 257 g/mol. The van der Waals surface area contributed by atoms with E-state index in [4.69, 9.17) is 16.2 Å². The van der Waals surface area contributed by atoms with E-state index in [0.717, 1.165) is 38.6 Å². The fraction of sp³-hybridized carbons (Fsp3) is 0.923. The predicted molar refractivity (Wildman–Crippen MR) is 72.1 cm³/mol. The number of nitrogens with zero attached hydrogens (tertiary/aromatic N) is 1. The van der Waals surface area contributed by atoms with Crippen LogP contribution in [0.1, 0.15) is 39.0 Å². The number of carbonyl (C=O) groups is 1. The average Bonchev–Trinajstić information content (AvgIpc) is 3.12. The number of nitrogens with two attached hydrogens (primary N) is 2. The van der Waals surface area contributed by atoms with E-state index in [2.05, 4.69) is 4.90 Å².